The largest absolute Gasteiger partial charge is 0.338 e. The van der Waals surface area contributed by atoms with Gasteiger partial charge in [-0.25, -0.2) is 0 Å². The summed E-state index contributed by atoms with van der Waals surface area (Å²) in [7, 11) is 2.18. The van der Waals surface area contributed by atoms with Gasteiger partial charge in [0.1, 0.15) is 0 Å². The Morgan fingerprint density at radius 2 is 2.15 bits per heavy atom. The van der Waals surface area contributed by atoms with Gasteiger partial charge >= 0.3 is 0 Å². The molecule has 0 bridgehead atoms. The van der Waals surface area contributed by atoms with E-state index in [2.05, 4.69) is 40.3 Å². The summed E-state index contributed by atoms with van der Waals surface area (Å²) >= 11 is 0. The summed E-state index contributed by atoms with van der Waals surface area (Å²) in [4.78, 5) is 6.67. The van der Waals surface area contributed by atoms with Crippen molar-refractivity contribution in [1.82, 2.24) is 15.0 Å². The van der Waals surface area contributed by atoms with Crippen LogP contribution in [0.2, 0.25) is 0 Å². The Labute approximate surface area is 118 Å². The van der Waals surface area contributed by atoms with Crippen molar-refractivity contribution in [2.45, 2.75) is 25.3 Å². The lowest BCUT2D eigenvalue weighted by Crippen LogP contribution is -2.29. The zero-order chi connectivity index (χ0) is 13.9. The summed E-state index contributed by atoms with van der Waals surface area (Å²) in [6, 6.07) is 8.47. The minimum atomic E-state index is 0.279. The standard InChI is InChI=1S/C15H20N4O/c1-19-7-5-11(6-8-19)12-3-2-4-13(9-12)15-17-14(10-16)20-18-15/h2-4,9,11H,5-8,10,16H2,1H3. The molecule has 2 N–H and O–H groups in total. The van der Waals surface area contributed by atoms with Crippen molar-refractivity contribution < 1.29 is 4.52 Å². The van der Waals surface area contributed by atoms with Crippen molar-refractivity contribution in [3.63, 3.8) is 0 Å². The first-order chi connectivity index (χ1) is 9.76. The quantitative estimate of drug-likeness (QED) is 0.925. The van der Waals surface area contributed by atoms with E-state index in [9.17, 15) is 0 Å². The molecule has 1 fully saturated rings. The predicted molar refractivity (Wildman–Crippen MR) is 77.1 cm³/mol. The van der Waals surface area contributed by atoms with E-state index in [-0.39, 0.29) is 6.54 Å². The maximum absolute atomic E-state index is 5.50. The smallest absolute Gasteiger partial charge is 0.240 e. The van der Waals surface area contributed by atoms with Crippen LogP contribution in [0, 0.1) is 0 Å². The molecule has 2 heterocycles. The van der Waals surface area contributed by atoms with Gasteiger partial charge in [-0.15, -0.1) is 0 Å². The minimum Gasteiger partial charge on any atom is -0.338 e. The van der Waals surface area contributed by atoms with Gasteiger partial charge in [0, 0.05) is 5.56 Å². The lowest BCUT2D eigenvalue weighted by Gasteiger charge is -2.29. The van der Waals surface area contributed by atoms with E-state index in [0.717, 1.165) is 18.7 Å². The average Bonchev–Trinajstić information content (AvgIpc) is 2.97. The van der Waals surface area contributed by atoms with Crippen LogP contribution in [0.1, 0.15) is 30.2 Å². The summed E-state index contributed by atoms with van der Waals surface area (Å²) in [5, 5.41) is 3.98. The maximum atomic E-state index is 5.50. The molecule has 3 rings (SSSR count). The van der Waals surface area contributed by atoms with Crippen molar-refractivity contribution >= 4 is 0 Å². The zero-order valence-electron chi connectivity index (χ0n) is 11.7. The second-order valence-electron chi connectivity index (χ2n) is 5.42. The molecule has 2 aromatic rings. The molecular weight excluding hydrogens is 252 g/mol. The molecule has 0 spiro atoms. The number of piperidine rings is 1. The fourth-order valence-corrected chi connectivity index (χ4v) is 2.73. The Kier molecular flexibility index (Phi) is 3.80. The van der Waals surface area contributed by atoms with Crippen molar-refractivity contribution in [3.8, 4) is 11.4 Å². The highest BCUT2D eigenvalue weighted by atomic mass is 16.5. The van der Waals surface area contributed by atoms with Gasteiger partial charge in [0.05, 0.1) is 6.54 Å². The zero-order valence-corrected chi connectivity index (χ0v) is 11.7. The van der Waals surface area contributed by atoms with Crippen LogP contribution in [0.3, 0.4) is 0 Å². The normalized spacial score (nSPS) is 17.5. The van der Waals surface area contributed by atoms with E-state index >= 15 is 0 Å². The van der Waals surface area contributed by atoms with Crippen LogP contribution in [-0.2, 0) is 6.54 Å². The Hall–Kier alpha value is -1.72. The molecular formula is C15H20N4O. The van der Waals surface area contributed by atoms with E-state index in [1.807, 2.05) is 6.07 Å². The lowest BCUT2D eigenvalue weighted by atomic mass is 9.89. The molecule has 20 heavy (non-hydrogen) atoms. The van der Waals surface area contributed by atoms with Gasteiger partial charge in [0.15, 0.2) is 0 Å². The van der Waals surface area contributed by atoms with Crippen LogP contribution in [0.25, 0.3) is 11.4 Å². The highest BCUT2D eigenvalue weighted by molar-refractivity contribution is 5.55. The fourth-order valence-electron chi connectivity index (χ4n) is 2.73. The number of aromatic nitrogens is 2. The number of hydrogen-bond donors (Lipinski definition) is 1. The van der Waals surface area contributed by atoms with Crippen LogP contribution in [-0.4, -0.2) is 35.2 Å². The molecule has 1 aliphatic rings. The highest BCUT2D eigenvalue weighted by Crippen LogP contribution is 2.29. The third kappa shape index (κ3) is 2.73. The van der Waals surface area contributed by atoms with E-state index in [1.165, 1.54) is 18.4 Å². The summed E-state index contributed by atoms with van der Waals surface area (Å²) in [6.07, 6.45) is 2.42. The third-order valence-electron chi connectivity index (χ3n) is 3.98. The number of nitrogens with two attached hydrogens (primary N) is 1. The van der Waals surface area contributed by atoms with Crippen LogP contribution in [0.4, 0.5) is 0 Å². The Morgan fingerprint density at radius 3 is 2.85 bits per heavy atom. The van der Waals surface area contributed by atoms with Crippen LogP contribution in [0.15, 0.2) is 28.8 Å². The molecule has 0 aliphatic carbocycles. The van der Waals surface area contributed by atoms with Gasteiger partial charge in [-0.05, 0) is 50.5 Å². The molecule has 0 amide bonds. The summed E-state index contributed by atoms with van der Waals surface area (Å²) in [5.74, 6) is 1.73. The van der Waals surface area contributed by atoms with E-state index in [1.54, 1.807) is 0 Å². The van der Waals surface area contributed by atoms with Crippen molar-refractivity contribution in [1.29, 1.82) is 0 Å². The van der Waals surface area contributed by atoms with Crippen LogP contribution >= 0.6 is 0 Å². The third-order valence-corrected chi connectivity index (χ3v) is 3.98. The molecule has 1 aromatic heterocycles. The second-order valence-corrected chi connectivity index (χ2v) is 5.42. The molecule has 1 saturated heterocycles. The van der Waals surface area contributed by atoms with E-state index in [4.69, 9.17) is 10.3 Å². The highest BCUT2D eigenvalue weighted by Gasteiger charge is 2.19. The van der Waals surface area contributed by atoms with Crippen molar-refractivity contribution in [2.24, 2.45) is 5.73 Å². The van der Waals surface area contributed by atoms with Crippen molar-refractivity contribution in [2.75, 3.05) is 20.1 Å². The molecule has 1 aromatic carbocycles. The Morgan fingerprint density at radius 1 is 1.35 bits per heavy atom. The Bertz CT molecular complexity index is 573. The summed E-state index contributed by atoms with van der Waals surface area (Å²) in [5.41, 5.74) is 7.87. The minimum absolute atomic E-state index is 0.279. The number of rotatable bonds is 3. The number of benzene rings is 1. The molecule has 0 unspecified atom stereocenters. The predicted octanol–water partition coefficient (Wildman–Crippen LogP) is 2.00. The van der Waals surface area contributed by atoms with Gasteiger partial charge in [0.25, 0.3) is 0 Å². The van der Waals surface area contributed by atoms with Gasteiger partial charge in [0.2, 0.25) is 11.7 Å². The maximum Gasteiger partial charge on any atom is 0.240 e. The number of likely N-dealkylation sites (tertiary alicyclic amines) is 1. The molecule has 5 nitrogen and oxygen atoms in total. The molecule has 1 aliphatic heterocycles. The topological polar surface area (TPSA) is 68.2 Å². The van der Waals surface area contributed by atoms with Crippen LogP contribution in [0.5, 0.6) is 0 Å². The van der Waals surface area contributed by atoms with Gasteiger partial charge < -0.3 is 15.2 Å². The Balaban J connectivity index is 1.82. The molecule has 0 radical (unpaired) electrons. The molecule has 106 valence electrons. The first kappa shape index (κ1) is 13.3. The van der Waals surface area contributed by atoms with Gasteiger partial charge in [-0.2, -0.15) is 4.98 Å². The summed E-state index contributed by atoms with van der Waals surface area (Å²) < 4.78 is 5.07. The molecule has 0 saturated carbocycles. The summed E-state index contributed by atoms with van der Waals surface area (Å²) in [6.45, 7) is 2.60. The van der Waals surface area contributed by atoms with E-state index < -0.39 is 0 Å². The average molecular weight is 272 g/mol. The van der Waals surface area contributed by atoms with Gasteiger partial charge in [-0.1, -0.05) is 23.4 Å². The second kappa shape index (κ2) is 5.73. The number of nitrogens with zero attached hydrogens (tertiary/aromatic N) is 3. The first-order valence-corrected chi connectivity index (χ1v) is 7.08. The van der Waals surface area contributed by atoms with Gasteiger partial charge in [-0.3, -0.25) is 0 Å². The monoisotopic (exact) mass is 272 g/mol. The fraction of sp³-hybridized carbons (Fsp3) is 0.467. The molecule has 5 heteroatoms. The van der Waals surface area contributed by atoms with Crippen molar-refractivity contribution in [3.05, 3.63) is 35.7 Å². The van der Waals surface area contributed by atoms with E-state index in [0.29, 0.717) is 17.6 Å². The lowest BCUT2D eigenvalue weighted by molar-refractivity contribution is 0.255. The first-order valence-electron chi connectivity index (χ1n) is 7.08. The molecule has 0 atom stereocenters. The number of hydrogen-bond acceptors (Lipinski definition) is 5. The SMILES string of the molecule is CN1CCC(c2cccc(-c3noc(CN)n3)c2)CC1. The van der Waals surface area contributed by atoms with Crippen LogP contribution < -0.4 is 5.73 Å².